The second-order valence-corrected chi connectivity index (χ2v) is 5.92. The van der Waals surface area contributed by atoms with Gasteiger partial charge in [-0.2, -0.15) is 5.10 Å². The van der Waals surface area contributed by atoms with Crippen molar-refractivity contribution >= 4 is 17.5 Å². The van der Waals surface area contributed by atoms with E-state index in [1.165, 1.54) is 11.0 Å². The van der Waals surface area contributed by atoms with Crippen molar-refractivity contribution in [2.45, 2.75) is 25.3 Å². The van der Waals surface area contributed by atoms with Gasteiger partial charge in [0.25, 0.3) is 5.91 Å². The lowest BCUT2D eigenvalue weighted by Crippen LogP contribution is -2.23. The van der Waals surface area contributed by atoms with Crippen molar-refractivity contribution in [3.05, 3.63) is 46.8 Å². The van der Waals surface area contributed by atoms with Gasteiger partial charge in [0.2, 0.25) is 0 Å². The van der Waals surface area contributed by atoms with Gasteiger partial charge in [0.05, 0.1) is 22.8 Å². The average Bonchev–Trinajstić information content (AvgIpc) is 3.11. The molecule has 0 aliphatic heterocycles. The van der Waals surface area contributed by atoms with Crippen molar-refractivity contribution in [2.75, 3.05) is 0 Å². The topological polar surface area (TPSA) is 114 Å². The van der Waals surface area contributed by atoms with E-state index in [-0.39, 0.29) is 12.5 Å². The third-order valence-corrected chi connectivity index (χ3v) is 4.03. The first kappa shape index (κ1) is 14.8. The van der Waals surface area contributed by atoms with Gasteiger partial charge in [-0.15, -0.1) is 5.10 Å². The molecule has 0 spiro atoms. The minimum absolute atomic E-state index is 0.267. The van der Waals surface area contributed by atoms with Crippen LogP contribution in [0.25, 0.3) is 5.69 Å². The third-order valence-electron chi connectivity index (χ3n) is 3.72. The highest BCUT2D eigenvalue weighted by Crippen LogP contribution is 2.37. The molecule has 24 heavy (non-hydrogen) atoms. The van der Waals surface area contributed by atoms with Gasteiger partial charge < -0.3 is 5.32 Å². The van der Waals surface area contributed by atoms with Crippen LogP contribution in [0, 0.1) is 0 Å². The van der Waals surface area contributed by atoms with Gasteiger partial charge in [-0.1, -0.05) is 11.6 Å². The minimum Gasteiger partial charge on any atom is -0.345 e. The Morgan fingerprint density at radius 1 is 1.42 bits per heavy atom. The Hall–Kier alpha value is -2.81. The minimum atomic E-state index is -0.285. The Bertz CT molecular complexity index is 871. The van der Waals surface area contributed by atoms with Gasteiger partial charge in [-0.25, -0.2) is 9.67 Å². The van der Waals surface area contributed by atoms with Crippen molar-refractivity contribution < 1.29 is 4.79 Å². The Labute approximate surface area is 141 Å². The van der Waals surface area contributed by atoms with E-state index in [9.17, 15) is 4.79 Å². The summed E-state index contributed by atoms with van der Waals surface area (Å²) in [5.41, 5.74) is 1.04. The molecule has 2 aromatic heterocycles. The van der Waals surface area contributed by atoms with Crippen LogP contribution in [-0.2, 0) is 6.54 Å². The molecule has 3 aromatic rings. The maximum atomic E-state index is 12.3. The highest BCUT2D eigenvalue weighted by Gasteiger charge is 2.27. The van der Waals surface area contributed by atoms with E-state index < -0.39 is 0 Å². The van der Waals surface area contributed by atoms with Crippen molar-refractivity contribution in [1.82, 2.24) is 40.7 Å². The molecule has 0 saturated heterocycles. The van der Waals surface area contributed by atoms with E-state index in [0.29, 0.717) is 28.0 Å². The van der Waals surface area contributed by atoms with Crippen LogP contribution in [0.15, 0.2) is 24.5 Å². The summed E-state index contributed by atoms with van der Waals surface area (Å²) in [4.78, 5) is 16.7. The van der Waals surface area contributed by atoms with E-state index in [2.05, 4.69) is 36.0 Å². The molecule has 0 atom stereocenters. The molecule has 1 aliphatic rings. The fourth-order valence-electron chi connectivity index (χ4n) is 2.28. The lowest BCUT2D eigenvalue weighted by molar-refractivity contribution is 0.0950. The predicted octanol–water partition coefficient (Wildman–Crippen LogP) is 1.24. The van der Waals surface area contributed by atoms with Crippen LogP contribution < -0.4 is 5.32 Å². The molecule has 0 bridgehead atoms. The maximum Gasteiger partial charge on any atom is 0.253 e. The number of rotatable bonds is 5. The lowest BCUT2D eigenvalue weighted by Gasteiger charge is -2.07. The molecular formula is C14H13ClN8O. The number of tetrazole rings is 1. The van der Waals surface area contributed by atoms with Gasteiger partial charge in [0.15, 0.2) is 5.82 Å². The molecule has 9 nitrogen and oxygen atoms in total. The number of aromatic amines is 1. The zero-order valence-corrected chi connectivity index (χ0v) is 13.2. The second-order valence-electron chi connectivity index (χ2n) is 5.52. The number of carbonyl (C=O) groups is 1. The first-order valence-corrected chi connectivity index (χ1v) is 7.81. The highest BCUT2D eigenvalue weighted by atomic mass is 35.5. The van der Waals surface area contributed by atoms with Crippen LogP contribution >= 0.6 is 11.6 Å². The smallest absolute Gasteiger partial charge is 0.253 e. The number of carbonyl (C=O) groups excluding carboxylic acids is 1. The highest BCUT2D eigenvalue weighted by molar-refractivity contribution is 6.34. The molecule has 2 heterocycles. The second kappa shape index (κ2) is 6.00. The molecule has 1 fully saturated rings. The van der Waals surface area contributed by atoms with E-state index in [1.807, 2.05) is 0 Å². The molecule has 0 radical (unpaired) electrons. The first-order chi connectivity index (χ1) is 11.7. The van der Waals surface area contributed by atoms with Gasteiger partial charge in [0.1, 0.15) is 12.2 Å². The van der Waals surface area contributed by atoms with Crippen molar-refractivity contribution in [3.63, 3.8) is 0 Å². The van der Waals surface area contributed by atoms with Crippen LogP contribution in [0.4, 0.5) is 0 Å². The van der Waals surface area contributed by atoms with Gasteiger partial charge >= 0.3 is 0 Å². The summed E-state index contributed by atoms with van der Waals surface area (Å²) < 4.78 is 1.46. The summed E-state index contributed by atoms with van der Waals surface area (Å²) in [6, 6.07) is 4.98. The summed E-state index contributed by atoms with van der Waals surface area (Å²) >= 11 is 6.20. The van der Waals surface area contributed by atoms with Crippen LogP contribution in [-0.4, -0.2) is 41.3 Å². The number of hydrogen-bond donors (Lipinski definition) is 2. The largest absolute Gasteiger partial charge is 0.345 e. The molecule has 1 aromatic carbocycles. The summed E-state index contributed by atoms with van der Waals surface area (Å²) in [5.74, 6) is 1.64. The van der Waals surface area contributed by atoms with Crippen molar-refractivity contribution in [2.24, 2.45) is 0 Å². The number of benzene rings is 1. The lowest BCUT2D eigenvalue weighted by atomic mass is 10.2. The number of nitrogens with one attached hydrogen (secondary N) is 2. The van der Waals surface area contributed by atoms with Gasteiger partial charge in [0, 0.05) is 5.92 Å². The fraction of sp³-hybridized carbons (Fsp3) is 0.286. The fourth-order valence-corrected chi connectivity index (χ4v) is 2.54. The molecule has 10 heteroatoms. The normalized spacial score (nSPS) is 13.9. The monoisotopic (exact) mass is 344 g/mol. The number of hydrogen-bond acceptors (Lipinski definition) is 6. The maximum absolute atomic E-state index is 12.3. The van der Waals surface area contributed by atoms with Crippen molar-refractivity contribution in [1.29, 1.82) is 0 Å². The molecule has 4 rings (SSSR count). The first-order valence-electron chi connectivity index (χ1n) is 7.43. The molecule has 1 aliphatic carbocycles. The summed E-state index contributed by atoms with van der Waals surface area (Å²) in [7, 11) is 0. The zero-order valence-electron chi connectivity index (χ0n) is 12.5. The van der Waals surface area contributed by atoms with Crippen LogP contribution in [0.1, 0.15) is 40.8 Å². The Kier molecular flexibility index (Phi) is 3.69. The Morgan fingerprint density at radius 2 is 2.29 bits per heavy atom. The summed E-state index contributed by atoms with van der Waals surface area (Å²) in [6.45, 7) is 0.267. The predicted molar refractivity (Wildman–Crippen MR) is 83.7 cm³/mol. The standard InChI is InChI=1S/C14H13ClN8O/c15-11-5-9(23-7-17-21-22-23)3-4-10(11)14(24)16-6-12-18-13(20-19-12)8-1-2-8/h3-5,7-8H,1-2,6H2,(H,16,24)(H,18,19,20). The molecular weight excluding hydrogens is 332 g/mol. The van der Waals surface area contributed by atoms with Crippen LogP contribution in [0.2, 0.25) is 5.02 Å². The Balaban J connectivity index is 1.43. The molecule has 1 amide bonds. The third kappa shape index (κ3) is 2.98. The van der Waals surface area contributed by atoms with E-state index in [1.54, 1.807) is 18.2 Å². The molecule has 0 unspecified atom stereocenters. The van der Waals surface area contributed by atoms with E-state index in [0.717, 1.165) is 18.7 Å². The molecule has 122 valence electrons. The van der Waals surface area contributed by atoms with Crippen LogP contribution in [0.3, 0.4) is 0 Å². The van der Waals surface area contributed by atoms with E-state index in [4.69, 9.17) is 11.6 Å². The molecule has 2 N–H and O–H groups in total. The number of halogens is 1. The summed E-state index contributed by atoms with van der Waals surface area (Å²) in [6.07, 6.45) is 3.71. The quantitative estimate of drug-likeness (QED) is 0.719. The number of aromatic nitrogens is 7. The van der Waals surface area contributed by atoms with Crippen molar-refractivity contribution in [3.8, 4) is 5.69 Å². The average molecular weight is 345 g/mol. The zero-order chi connectivity index (χ0) is 16.5. The van der Waals surface area contributed by atoms with Crippen LogP contribution in [0.5, 0.6) is 0 Å². The van der Waals surface area contributed by atoms with E-state index >= 15 is 0 Å². The number of amides is 1. The Morgan fingerprint density at radius 3 is 3.00 bits per heavy atom. The summed E-state index contributed by atoms with van der Waals surface area (Å²) in [5, 5.41) is 21.0. The SMILES string of the molecule is O=C(NCc1nc(C2CC2)n[nH]1)c1ccc(-n2cnnn2)cc1Cl. The number of H-pyrrole nitrogens is 1. The van der Waals surface area contributed by atoms with Gasteiger partial charge in [-0.05, 0) is 41.5 Å². The number of nitrogens with zero attached hydrogens (tertiary/aromatic N) is 6. The molecule has 1 saturated carbocycles. The van der Waals surface area contributed by atoms with Gasteiger partial charge in [-0.3, -0.25) is 9.89 Å².